The van der Waals surface area contributed by atoms with Crippen molar-refractivity contribution in [1.82, 2.24) is 19.5 Å². The van der Waals surface area contributed by atoms with Crippen LogP contribution in [0.25, 0.3) is 5.69 Å². The van der Waals surface area contributed by atoms with Gasteiger partial charge in [0.05, 0.1) is 16.3 Å². The highest BCUT2D eigenvalue weighted by atomic mass is 32.2. The van der Waals surface area contributed by atoms with E-state index in [2.05, 4.69) is 20.1 Å². The van der Waals surface area contributed by atoms with Gasteiger partial charge in [-0.15, -0.1) is 5.10 Å². The highest BCUT2D eigenvalue weighted by Crippen LogP contribution is 2.40. The Balaban J connectivity index is 1.45. The van der Waals surface area contributed by atoms with Crippen molar-refractivity contribution >= 4 is 33.4 Å². The van der Waals surface area contributed by atoms with E-state index in [1.807, 2.05) is 35.0 Å². The van der Waals surface area contributed by atoms with Crippen molar-refractivity contribution in [3.8, 4) is 5.69 Å². The van der Waals surface area contributed by atoms with Crippen LogP contribution in [0.5, 0.6) is 0 Å². The Morgan fingerprint density at radius 2 is 1.94 bits per heavy atom. The number of carbonyl (C=O) groups excluding carboxylic acids is 1. The van der Waals surface area contributed by atoms with Crippen LogP contribution in [0.4, 0.5) is 5.69 Å². The van der Waals surface area contributed by atoms with E-state index in [9.17, 15) is 13.2 Å². The molecule has 162 valence electrons. The van der Waals surface area contributed by atoms with E-state index in [0.29, 0.717) is 22.3 Å². The number of anilines is 1. The van der Waals surface area contributed by atoms with E-state index in [0.717, 1.165) is 24.4 Å². The lowest BCUT2D eigenvalue weighted by Gasteiger charge is -2.10. The second-order valence-electron chi connectivity index (χ2n) is 7.30. The zero-order chi connectivity index (χ0) is 22.0. The van der Waals surface area contributed by atoms with Gasteiger partial charge in [0, 0.05) is 11.6 Å². The number of aromatic nitrogens is 3. The fourth-order valence-corrected chi connectivity index (χ4v) is 4.76. The van der Waals surface area contributed by atoms with Crippen LogP contribution in [-0.4, -0.2) is 41.9 Å². The minimum Gasteiger partial charge on any atom is -0.325 e. The number of rotatable bonds is 8. The van der Waals surface area contributed by atoms with E-state index in [-0.39, 0.29) is 16.6 Å². The second-order valence-corrected chi connectivity index (χ2v) is 10.1. The van der Waals surface area contributed by atoms with Crippen LogP contribution in [0.1, 0.15) is 30.1 Å². The Labute approximate surface area is 185 Å². The Morgan fingerprint density at radius 1 is 1.19 bits per heavy atom. The average Bonchev–Trinajstić information content (AvgIpc) is 3.53. The highest BCUT2D eigenvalue weighted by Gasteiger charge is 2.30. The first-order valence-corrected chi connectivity index (χ1v) is 12.3. The monoisotopic (exact) mass is 457 g/mol. The lowest BCUT2D eigenvalue weighted by atomic mass is 10.2. The first-order valence-electron chi connectivity index (χ1n) is 9.86. The van der Waals surface area contributed by atoms with Gasteiger partial charge < -0.3 is 5.32 Å². The third kappa shape index (κ3) is 4.97. The summed E-state index contributed by atoms with van der Waals surface area (Å²) in [5.41, 5.74) is 1.97. The maximum atomic E-state index is 12.4. The predicted molar refractivity (Wildman–Crippen MR) is 120 cm³/mol. The maximum Gasteiger partial charge on any atom is 0.240 e. The molecular formula is C21H23N5O3S2. The van der Waals surface area contributed by atoms with E-state index in [1.54, 1.807) is 19.1 Å². The van der Waals surface area contributed by atoms with E-state index in [1.165, 1.54) is 24.9 Å². The molecule has 1 amide bonds. The number of nitrogens with zero attached hydrogens (tertiary/aromatic N) is 3. The van der Waals surface area contributed by atoms with Crippen molar-refractivity contribution < 1.29 is 13.2 Å². The van der Waals surface area contributed by atoms with Gasteiger partial charge in [-0.1, -0.05) is 36.0 Å². The maximum absolute atomic E-state index is 12.4. The van der Waals surface area contributed by atoms with Gasteiger partial charge in [-0.3, -0.25) is 4.79 Å². The number of carbonyl (C=O) groups is 1. The van der Waals surface area contributed by atoms with Crippen molar-refractivity contribution in [3.05, 3.63) is 59.9 Å². The van der Waals surface area contributed by atoms with Crippen molar-refractivity contribution in [3.63, 3.8) is 0 Å². The number of para-hydroxylation sites is 1. The molecule has 0 unspecified atom stereocenters. The van der Waals surface area contributed by atoms with Crippen LogP contribution in [-0.2, 0) is 14.8 Å². The van der Waals surface area contributed by atoms with Gasteiger partial charge in [0.2, 0.25) is 21.1 Å². The van der Waals surface area contributed by atoms with Gasteiger partial charge >= 0.3 is 0 Å². The Kier molecular flexibility index (Phi) is 6.12. The summed E-state index contributed by atoms with van der Waals surface area (Å²) < 4.78 is 28.4. The zero-order valence-corrected chi connectivity index (χ0v) is 18.8. The van der Waals surface area contributed by atoms with Gasteiger partial charge in [0.25, 0.3) is 0 Å². The quantitative estimate of drug-likeness (QED) is 0.504. The number of benzene rings is 2. The number of nitrogens with one attached hydrogen (secondary N) is 2. The normalized spacial score (nSPS) is 13.9. The summed E-state index contributed by atoms with van der Waals surface area (Å²) in [5.74, 6) is 1.20. The molecule has 10 heteroatoms. The van der Waals surface area contributed by atoms with Crippen molar-refractivity contribution in [1.29, 1.82) is 0 Å². The van der Waals surface area contributed by atoms with Crippen molar-refractivity contribution in [2.75, 3.05) is 18.1 Å². The molecule has 1 aliphatic rings. The molecule has 0 spiro atoms. The number of sulfonamides is 1. The fourth-order valence-electron chi connectivity index (χ4n) is 3.14. The van der Waals surface area contributed by atoms with Gasteiger partial charge in [0.1, 0.15) is 5.82 Å². The van der Waals surface area contributed by atoms with Crippen LogP contribution in [0.15, 0.2) is 58.6 Å². The van der Waals surface area contributed by atoms with E-state index >= 15 is 0 Å². The Bertz CT molecular complexity index is 1210. The molecule has 0 atom stereocenters. The minimum absolute atomic E-state index is 0.116. The highest BCUT2D eigenvalue weighted by molar-refractivity contribution is 7.99. The zero-order valence-electron chi connectivity index (χ0n) is 17.2. The molecule has 2 aromatic carbocycles. The molecule has 1 saturated carbocycles. The third-order valence-electron chi connectivity index (χ3n) is 4.92. The summed E-state index contributed by atoms with van der Waals surface area (Å²) >= 11 is 1.25. The smallest absolute Gasteiger partial charge is 0.240 e. The number of aryl methyl sites for hydroxylation is 1. The first kappa shape index (κ1) is 21.5. The predicted octanol–water partition coefficient (Wildman–Crippen LogP) is 3.09. The lowest BCUT2D eigenvalue weighted by Crippen LogP contribution is -2.20. The topological polar surface area (TPSA) is 106 Å². The number of thioether (sulfide) groups is 1. The number of hydrogen-bond donors (Lipinski definition) is 2. The SMILES string of the molecule is CNS(=O)(=O)c1cc(NC(=O)CSc2nc(C3CC3)n(-c3ccccc3)n2)ccc1C. The standard InChI is InChI=1S/C21H23N5O3S2/c1-14-8-11-16(12-18(14)31(28,29)22-2)23-19(27)13-30-21-24-20(15-9-10-15)26(25-21)17-6-4-3-5-7-17/h3-8,11-12,15,22H,9-10,13H2,1-2H3,(H,23,27). The first-order chi connectivity index (χ1) is 14.9. The minimum atomic E-state index is -3.60. The van der Waals surface area contributed by atoms with Crippen molar-refractivity contribution in [2.45, 2.75) is 35.7 Å². The molecule has 3 aromatic rings. The van der Waals surface area contributed by atoms with Gasteiger partial charge in [0.15, 0.2) is 0 Å². The summed E-state index contributed by atoms with van der Waals surface area (Å²) in [4.78, 5) is 17.2. The number of amides is 1. The van der Waals surface area contributed by atoms with Gasteiger partial charge in [-0.2, -0.15) is 0 Å². The third-order valence-corrected chi connectivity index (χ3v) is 7.31. The summed E-state index contributed by atoms with van der Waals surface area (Å²) in [5, 5.41) is 7.89. The summed E-state index contributed by atoms with van der Waals surface area (Å²) in [6.07, 6.45) is 2.20. The largest absolute Gasteiger partial charge is 0.325 e. The molecular weight excluding hydrogens is 434 g/mol. The van der Waals surface area contributed by atoms with Gasteiger partial charge in [-0.05, 0) is 56.6 Å². The van der Waals surface area contributed by atoms with Crippen molar-refractivity contribution in [2.24, 2.45) is 0 Å². The summed E-state index contributed by atoms with van der Waals surface area (Å²) in [7, 11) is -2.25. The van der Waals surface area contributed by atoms with E-state index < -0.39 is 10.0 Å². The average molecular weight is 458 g/mol. The van der Waals surface area contributed by atoms with E-state index in [4.69, 9.17) is 0 Å². The Morgan fingerprint density at radius 3 is 2.61 bits per heavy atom. The van der Waals surface area contributed by atoms with Crippen LogP contribution in [0.2, 0.25) is 0 Å². The molecule has 1 heterocycles. The van der Waals surface area contributed by atoms with Crippen LogP contribution < -0.4 is 10.0 Å². The molecule has 0 saturated heterocycles. The number of hydrogen-bond acceptors (Lipinski definition) is 6. The second kappa shape index (κ2) is 8.81. The molecule has 1 aromatic heterocycles. The summed E-state index contributed by atoms with van der Waals surface area (Å²) in [6, 6.07) is 14.6. The molecule has 8 nitrogen and oxygen atoms in total. The van der Waals surface area contributed by atoms with Crippen LogP contribution >= 0.6 is 11.8 Å². The molecule has 0 radical (unpaired) electrons. The van der Waals surface area contributed by atoms with Crippen LogP contribution in [0.3, 0.4) is 0 Å². The lowest BCUT2D eigenvalue weighted by molar-refractivity contribution is -0.113. The molecule has 1 fully saturated rings. The molecule has 2 N–H and O–H groups in total. The fraction of sp³-hybridized carbons (Fsp3) is 0.286. The Hall–Kier alpha value is -2.69. The summed E-state index contributed by atoms with van der Waals surface area (Å²) in [6.45, 7) is 1.71. The molecule has 1 aliphatic carbocycles. The van der Waals surface area contributed by atoms with Gasteiger partial charge in [-0.25, -0.2) is 22.8 Å². The van der Waals surface area contributed by atoms with Crippen LogP contribution in [0, 0.1) is 6.92 Å². The molecule has 31 heavy (non-hydrogen) atoms. The molecule has 0 aliphatic heterocycles. The molecule has 0 bridgehead atoms. The molecule has 4 rings (SSSR count).